The zero-order valence-electron chi connectivity index (χ0n) is 17.1. The molecule has 33 heavy (non-hydrogen) atoms. The second kappa shape index (κ2) is 9.48. The van der Waals surface area contributed by atoms with Crippen LogP contribution in [0.2, 0.25) is 5.02 Å². The van der Waals surface area contributed by atoms with Crippen LogP contribution in [0, 0.1) is 11.6 Å². The molecule has 2 N–H and O–H groups in total. The number of nitrogens with zero attached hydrogens (tertiary/aromatic N) is 1. The molecule has 0 fully saturated rings. The molecule has 0 saturated heterocycles. The Labute approximate surface area is 192 Å². The molecule has 3 aromatic carbocycles. The molecular formula is C24H18ClF2NO5. The summed E-state index contributed by atoms with van der Waals surface area (Å²) < 4.78 is 40.5. The summed E-state index contributed by atoms with van der Waals surface area (Å²) in [5.74, 6) is -0.572. The summed E-state index contributed by atoms with van der Waals surface area (Å²) in [7, 11) is 0. The standard InChI is InChI=1S/C24H18ClF2NO5/c25-17-5-4-14(19(27)9-17)13-32-21-7-6-18(26)8-15(21)10-28-11-16(12-29)23-20(28)2-1-3-22(23)33-24(30)31/h1-9,11,29H,10,12-13H2,(H,30,31). The summed E-state index contributed by atoms with van der Waals surface area (Å²) >= 11 is 5.78. The molecule has 0 spiro atoms. The summed E-state index contributed by atoms with van der Waals surface area (Å²) in [6.07, 6.45) is 0.154. The van der Waals surface area contributed by atoms with Crippen LogP contribution in [0.25, 0.3) is 10.9 Å². The van der Waals surface area contributed by atoms with Crippen LogP contribution in [0.3, 0.4) is 0 Å². The van der Waals surface area contributed by atoms with Crippen molar-refractivity contribution in [2.24, 2.45) is 0 Å². The quantitative estimate of drug-likeness (QED) is 0.264. The number of halogens is 3. The average Bonchev–Trinajstić information content (AvgIpc) is 3.12. The number of ether oxygens (including phenoxy) is 2. The lowest BCUT2D eigenvalue weighted by atomic mass is 10.1. The summed E-state index contributed by atoms with van der Waals surface area (Å²) in [5, 5.41) is 19.5. The van der Waals surface area contributed by atoms with E-state index in [0.717, 1.165) is 0 Å². The van der Waals surface area contributed by atoms with Gasteiger partial charge in [0.15, 0.2) is 0 Å². The largest absolute Gasteiger partial charge is 0.511 e. The van der Waals surface area contributed by atoms with Crippen molar-refractivity contribution in [2.75, 3.05) is 0 Å². The van der Waals surface area contributed by atoms with Crippen molar-refractivity contribution in [2.45, 2.75) is 19.8 Å². The monoisotopic (exact) mass is 473 g/mol. The second-order valence-corrected chi connectivity index (χ2v) is 7.67. The Morgan fingerprint density at radius 3 is 2.55 bits per heavy atom. The Hall–Kier alpha value is -3.62. The molecule has 4 aromatic rings. The number of hydrogen-bond donors (Lipinski definition) is 2. The first-order chi connectivity index (χ1) is 15.9. The minimum absolute atomic E-state index is 0.0803. The lowest BCUT2D eigenvalue weighted by Gasteiger charge is -2.14. The first-order valence-corrected chi connectivity index (χ1v) is 10.2. The predicted octanol–water partition coefficient (Wildman–Crippen LogP) is 5.75. The van der Waals surface area contributed by atoms with E-state index in [0.29, 0.717) is 33.3 Å². The highest BCUT2D eigenvalue weighted by molar-refractivity contribution is 6.30. The van der Waals surface area contributed by atoms with Gasteiger partial charge >= 0.3 is 6.16 Å². The highest BCUT2D eigenvalue weighted by Gasteiger charge is 2.17. The van der Waals surface area contributed by atoms with Crippen LogP contribution in [0.15, 0.2) is 60.8 Å². The molecule has 1 heterocycles. The van der Waals surface area contributed by atoms with Crippen LogP contribution < -0.4 is 9.47 Å². The molecule has 170 valence electrons. The molecule has 0 aliphatic rings. The zero-order chi connectivity index (χ0) is 23.5. The minimum Gasteiger partial charge on any atom is -0.488 e. The third-order valence-corrected chi connectivity index (χ3v) is 5.31. The fraction of sp³-hybridized carbons (Fsp3) is 0.125. The number of benzene rings is 3. The van der Waals surface area contributed by atoms with Gasteiger partial charge in [-0.1, -0.05) is 23.7 Å². The highest BCUT2D eigenvalue weighted by atomic mass is 35.5. The molecule has 0 saturated carbocycles. The average molecular weight is 474 g/mol. The number of rotatable bonds is 7. The van der Waals surface area contributed by atoms with E-state index in [1.54, 1.807) is 29.0 Å². The van der Waals surface area contributed by atoms with Gasteiger partial charge < -0.3 is 24.3 Å². The van der Waals surface area contributed by atoms with E-state index in [1.165, 1.54) is 36.4 Å². The number of aromatic nitrogens is 1. The highest BCUT2D eigenvalue weighted by Crippen LogP contribution is 2.33. The molecule has 0 amide bonds. The van der Waals surface area contributed by atoms with Crippen molar-refractivity contribution in [1.29, 1.82) is 0 Å². The number of hydrogen-bond acceptors (Lipinski definition) is 4. The number of aliphatic hydroxyl groups excluding tert-OH is 1. The molecule has 0 aliphatic carbocycles. The zero-order valence-corrected chi connectivity index (χ0v) is 17.9. The SMILES string of the molecule is O=C(O)Oc1cccc2c1c(CO)cn2Cc1cc(F)ccc1OCc1ccc(Cl)cc1F. The van der Waals surface area contributed by atoms with Crippen LogP contribution in [0.4, 0.5) is 13.6 Å². The van der Waals surface area contributed by atoms with Gasteiger partial charge in [0, 0.05) is 33.3 Å². The maximum Gasteiger partial charge on any atom is 0.511 e. The van der Waals surface area contributed by atoms with Gasteiger partial charge in [0.25, 0.3) is 0 Å². The molecule has 1 aromatic heterocycles. The summed E-state index contributed by atoms with van der Waals surface area (Å²) in [5.41, 5.74) is 1.79. The van der Waals surface area contributed by atoms with E-state index in [4.69, 9.17) is 26.2 Å². The third kappa shape index (κ3) is 4.92. The van der Waals surface area contributed by atoms with E-state index in [-0.39, 0.29) is 30.5 Å². The third-order valence-electron chi connectivity index (χ3n) is 5.08. The van der Waals surface area contributed by atoms with Gasteiger partial charge in [0.1, 0.15) is 29.7 Å². The number of aliphatic hydroxyl groups is 1. The molecule has 4 rings (SSSR count). The first-order valence-electron chi connectivity index (χ1n) is 9.83. The molecule has 0 unspecified atom stereocenters. The van der Waals surface area contributed by atoms with E-state index >= 15 is 0 Å². The van der Waals surface area contributed by atoms with Crippen molar-refractivity contribution in [1.82, 2.24) is 4.57 Å². The van der Waals surface area contributed by atoms with Crippen molar-refractivity contribution in [3.8, 4) is 11.5 Å². The second-order valence-electron chi connectivity index (χ2n) is 7.24. The smallest absolute Gasteiger partial charge is 0.488 e. The van der Waals surface area contributed by atoms with E-state index in [9.17, 15) is 18.7 Å². The van der Waals surface area contributed by atoms with E-state index in [2.05, 4.69) is 0 Å². The van der Waals surface area contributed by atoms with Crippen molar-refractivity contribution >= 4 is 28.7 Å². The summed E-state index contributed by atoms with van der Waals surface area (Å²) in [6.45, 7) is -0.304. The first kappa shape index (κ1) is 22.6. The Kier molecular flexibility index (Phi) is 6.48. The van der Waals surface area contributed by atoms with Crippen molar-refractivity contribution in [3.05, 3.63) is 94.1 Å². The molecular weight excluding hydrogens is 456 g/mol. The fourth-order valence-corrected chi connectivity index (χ4v) is 3.78. The molecule has 0 radical (unpaired) electrons. The summed E-state index contributed by atoms with van der Waals surface area (Å²) in [6, 6.07) is 13.1. The van der Waals surface area contributed by atoms with Crippen LogP contribution in [0.1, 0.15) is 16.7 Å². The number of carbonyl (C=O) groups is 1. The van der Waals surface area contributed by atoms with Gasteiger partial charge in [0.05, 0.1) is 18.7 Å². The Morgan fingerprint density at radius 1 is 1.00 bits per heavy atom. The van der Waals surface area contributed by atoms with E-state index < -0.39 is 17.8 Å². The topological polar surface area (TPSA) is 80.9 Å². The van der Waals surface area contributed by atoms with Gasteiger partial charge in [-0.05, 0) is 42.5 Å². The maximum atomic E-state index is 14.1. The molecule has 0 bridgehead atoms. The van der Waals surface area contributed by atoms with Crippen molar-refractivity contribution < 1.29 is 33.3 Å². The van der Waals surface area contributed by atoms with Gasteiger partial charge in [0.2, 0.25) is 0 Å². The van der Waals surface area contributed by atoms with Gasteiger partial charge in [-0.25, -0.2) is 13.6 Å². The number of fused-ring (bicyclic) bond motifs is 1. The molecule has 6 nitrogen and oxygen atoms in total. The summed E-state index contributed by atoms with van der Waals surface area (Å²) in [4.78, 5) is 11.0. The van der Waals surface area contributed by atoms with Crippen LogP contribution >= 0.6 is 11.6 Å². The van der Waals surface area contributed by atoms with Crippen molar-refractivity contribution in [3.63, 3.8) is 0 Å². The molecule has 0 atom stereocenters. The molecule has 9 heteroatoms. The normalized spacial score (nSPS) is 11.0. The minimum atomic E-state index is -1.48. The number of carboxylic acid groups (broad SMARTS) is 1. The van der Waals surface area contributed by atoms with Gasteiger partial charge in [-0.15, -0.1) is 0 Å². The lowest BCUT2D eigenvalue weighted by Crippen LogP contribution is -2.05. The van der Waals surface area contributed by atoms with Gasteiger partial charge in [-0.3, -0.25) is 0 Å². The van der Waals surface area contributed by atoms with Crippen LogP contribution in [-0.2, 0) is 19.8 Å². The van der Waals surface area contributed by atoms with Gasteiger partial charge in [-0.2, -0.15) is 0 Å². The maximum absolute atomic E-state index is 14.1. The van der Waals surface area contributed by atoms with E-state index in [1.807, 2.05) is 0 Å². The Balaban J connectivity index is 1.68. The van der Waals surface area contributed by atoms with Crippen LogP contribution in [-0.4, -0.2) is 20.9 Å². The Morgan fingerprint density at radius 2 is 1.82 bits per heavy atom. The Bertz CT molecular complexity index is 1340. The van der Waals surface area contributed by atoms with Crippen LogP contribution in [0.5, 0.6) is 11.5 Å². The molecule has 0 aliphatic heterocycles. The predicted molar refractivity (Wildman–Crippen MR) is 118 cm³/mol. The lowest BCUT2D eigenvalue weighted by molar-refractivity contribution is 0.145. The fourth-order valence-electron chi connectivity index (χ4n) is 3.62.